The molecule has 1 spiro atoms. The summed E-state index contributed by atoms with van der Waals surface area (Å²) in [6.07, 6.45) is 9.23. The Hall–Kier alpha value is -0.370. The van der Waals surface area contributed by atoms with E-state index in [1.165, 1.54) is 25.7 Å². The molecule has 0 N–H and O–H groups in total. The topological polar surface area (TPSA) is 26.3 Å². The summed E-state index contributed by atoms with van der Waals surface area (Å²) in [5.41, 5.74) is -0.0620. The molecule has 2 rings (SSSR count). The maximum Gasteiger partial charge on any atom is 0.144 e. The molecule has 2 aliphatic rings. The summed E-state index contributed by atoms with van der Waals surface area (Å²) in [7, 11) is 0. The summed E-state index contributed by atoms with van der Waals surface area (Å²) in [6, 6.07) is 0. The highest BCUT2D eigenvalue weighted by Gasteiger charge is 2.54. The zero-order valence-electron chi connectivity index (χ0n) is 11.3. The van der Waals surface area contributed by atoms with Crippen molar-refractivity contribution in [1.82, 2.24) is 0 Å². The van der Waals surface area contributed by atoms with E-state index in [1.54, 1.807) is 0 Å². The van der Waals surface area contributed by atoms with Crippen molar-refractivity contribution in [2.24, 2.45) is 11.3 Å². The van der Waals surface area contributed by atoms with Gasteiger partial charge in [0.15, 0.2) is 0 Å². The number of Topliss-reactive ketones (excluding diaryl/α,β-unsaturated/α-hetero) is 1. The van der Waals surface area contributed by atoms with E-state index in [4.69, 9.17) is 4.74 Å². The van der Waals surface area contributed by atoms with Crippen LogP contribution in [0.4, 0.5) is 0 Å². The van der Waals surface area contributed by atoms with Crippen molar-refractivity contribution in [2.45, 2.75) is 71.3 Å². The molecule has 2 heteroatoms. The molecule has 0 radical (unpaired) electrons. The summed E-state index contributed by atoms with van der Waals surface area (Å²) in [6.45, 7) is 5.27. The molecular weight excluding hydrogens is 212 g/mol. The van der Waals surface area contributed by atoms with Crippen LogP contribution < -0.4 is 0 Å². The number of ether oxygens (including phenoxy) is 1. The zero-order valence-corrected chi connectivity index (χ0v) is 11.3. The van der Waals surface area contributed by atoms with Gasteiger partial charge >= 0.3 is 0 Å². The van der Waals surface area contributed by atoms with Gasteiger partial charge in [-0.2, -0.15) is 0 Å². The van der Waals surface area contributed by atoms with E-state index in [0.29, 0.717) is 18.1 Å². The molecule has 0 aromatic heterocycles. The van der Waals surface area contributed by atoms with Crippen LogP contribution in [0.25, 0.3) is 0 Å². The fourth-order valence-corrected chi connectivity index (χ4v) is 3.24. The third-order valence-electron chi connectivity index (χ3n) is 4.55. The zero-order chi connectivity index (χ0) is 12.3. The van der Waals surface area contributed by atoms with Gasteiger partial charge in [-0.25, -0.2) is 0 Å². The van der Waals surface area contributed by atoms with E-state index in [0.717, 1.165) is 25.9 Å². The predicted molar refractivity (Wildman–Crippen MR) is 69.0 cm³/mol. The highest BCUT2D eigenvalue weighted by molar-refractivity contribution is 5.92. The van der Waals surface area contributed by atoms with Gasteiger partial charge in [0, 0.05) is 13.0 Å². The lowest BCUT2D eigenvalue weighted by molar-refractivity contribution is -0.166. The maximum absolute atomic E-state index is 12.0. The van der Waals surface area contributed by atoms with Crippen LogP contribution in [0.3, 0.4) is 0 Å². The molecule has 98 valence electrons. The van der Waals surface area contributed by atoms with Gasteiger partial charge in [-0.15, -0.1) is 0 Å². The van der Waals surface area contributed by atoms with Gasteiger partial charge in [0.2, 0.25) is 0 Å². The molecule has 2 nitrogen and oxygen atoms in total. The van der Waals surface area contributed by atoms with Crippen molar-refractivity contribution in [2.75, 3.05) is 6.61 Å². The molecule has 2 saturated carbocycles. The second-order valence-corrected chi connectivity index (χ2v) is 6.24. The largest absolute Gasteiger partial charge is 0.377 e. The van der Waals surface area contributed by atoms with Crippen molar-refractivity contribution >= 4 is 5.78 Å². The van der Waals surface area contributed by atoms with Gasteiger partial charge in [-0.1, -0.05) is 39.5 Å². The normalized spacial score (nSPS) is 28.2. The Kier molecular flexibility index (Phi) is 4.24. The number of hydrogen-bond acceptors (Lipinski definition) is 2. The Morgan fingerprint density at radius 3 is 2.41 bits per heavy atom. The lowest BCUT2D eigenvalue weighted by Crippen LogP contribution is -2.55. The Morgan fingerprint density at radius 1 is 1.24 bits per heavy atom. The fraction of sp³-hybridized carbons (Fsp3) is 0.933. The Morgan fingerprint density at radius 2 is 1.88 bits per heavy atom. The molecule has 0 aliphatic heterocycles. The second kappa shape index (κ2) is 5.51. The fourth-order valence-electron chi connectivity index (χ4n) is 3.24. The smallest absolute Gasteiger partial charge is 0.144 e. The summed E-state index contributed by atoms with van der Waals surface area (Å²) in [5.74, 6) is 1.17. The van der Waals surface area contributed by atoms with Crippen LogP contribution in [0, 0.1) is 11.3 Å². The van der Waals surface area contributed by atoms with E-state index >= 15 is 0 Å². The highest BCUT2D eigenvalue weighted by atomic mass is 16.5. The number of carbonyl (C=O) groups excluding carboxylic acids is 1. The van der Waals surface area contributed by atoms with E-state index < -0.39 is 0 Å². The monoisotopic (exact) mass is 238 g/mol. The molecule has 1 unspecified atom stereocenters. The van der Waals surface area contributed by atoms with Crippen molar-refractivity contribution < 1.29 is 9.53 Å². The van der Waals surface area contributed by atoms with Crippen molar-refractivity contribution in [3.05, 3.63) is 0 Å². The lowest BCUT2D eigenvalue weighted by atomic mass is 9.60. The van der Waals surface area contributed by atoms with Gasteiger partial charge in [0.05, 0.1) is 11.5 Å². The van der Waals surface area contributed by atoms with E-state index in [2.05, 4.69) is 13.8 Å². The molecule has 2 fully saturated rings. The maximum atomic E-state index is 12.0. The quantitative estimate of drug-likeness (QED) is 0.746. The van der Waals surface area contributed by atoms with Crippen LogP contribution in [0.1, 0.15) is 65.2 Å². The molecule has 17 heavy (non-hydrogen) atoms. The Bertz CT molecular complexity index is 262. The predicted octanol–water partition coefficient (Wildman–Crippen LogP) is 3.73. The van der Waals surface area contributed by atoms with Crippen LogP contribution in [0.5, 0.6) is 0 Å². The molecule has 0 saturated heterocycles. The van der Waals surface area contributed by atoms with Gasteiger partial charge in [-0.3, -0.25) is 4.79 Å². The highest BCUT2D eigenvalue weighted by Crippen LogP contribution is 2.49. The molecule has 0 bridgehead atoms. The van der Waals surface area contributed by atoms with Gasteiger partial charge in [-0.05, 0) is 25.2 Å². The third kappa shape index (κ3) is 2.73. The average molecular weight is 238 g/mol. The number of hydrogen-bond donors (Lipinski definition) is 0. The summed E-state index contributed by atoms with van der Waals surface area (Å²) < 4.78 is 5.99. The molecule has 2 aliphatic carbocycles. The first kappa shape index (κ1) is 13.1. The first-order valence-electron chi connectivity index (χ1n) is 7.30. The molecule has 0 aromatic rings. The number of rotatable bonds is 4. The van der Waals surface area contributed by atoms with Crippen LogP contribution in [-0.4, -0.2) is 18.5 Å². The van der Waals surface area contributed by atoms with Crippen molar-refractivity contribution in [3.8, 4) is 0 Å². The van der Waals surface area contributed by atoms with E-state index in [9.17, 15) is 4.79 Å². The van der Waals surface area contributed by atoms with Crippen molar-refractivity contribution in [3.63, 3.8) is 0 Å². The van der Waals surface area contributed by atoms with Crippen LogP contribution in [0.2, 0.25) is 0 Å². The van der Waals surface area contributed by atoms with Gasteiger partial charge in [0.25, 0.3) is 0 Å². The lowest BCUT2D eigenvalue weighted by Gasteiger charge is -2.47. The summed E-state index contributed by atoms with van der Waals surface area (Å²) >= 11 is 0. The SMILES string of the molecule is CC(C)CCOC1CC(=O)C12CCCCCC2. The first-order valence-corrected chi connectivity index (χ1v) is 7.30. The van der Waals surface area contributed by atoms with E-state index in [-0.39, 0.29) is 11.5 Å². The third-order valence-corrected chi connectivity index (χ3v) is 4.55. The van der Waals surface area contributed by atoms with Crippen LogP contribution in [-0.2, 0) is 9.53 Å². The first-order chi connectivity index (χ1) is 8.15. The van der Waals surface area contributed by atoms with Gasteiger partial charge < -0.3 is 4.74 Å². The average Bonchev–Trinajstić information content (AvgIpc) is 2.55. The summed E-state index contributed by atoms with van der Waals surface area (Å²) in [5, 5.41) is 0. The molecule has 0 aromatic carbocycles. The van der Waals surface area contributed by atoms with Gasteiger partial charge in [0.1, 0.15) is 5.78 Å². The number of ketones is 1. The van der Waals surface area contributed by atoms with Crippen molar-refractivity contribution in [1.29, 1.82) is 0 Å². The standard InChI is InChI=1S/C15H26O2/c1-12(2)7-10-17-14-11-13(16)15(14)8-5-3-4-6-9-15/h12,14H,3-11H2,1-2H3. The van der Waals surface area contributed by atoms with Crippen LogP contribution >= 0.6 is 0 Å². The minimum atomic E-state index is -0.0620. The van der Waals surface area contributed by atoms with E-state index in [1.807, 2.05) is 0 Å². The minimum Gasteiger partial charge on any atom is -0.377 e. The summed E-state index contributed by atoms with van der Waals surface area (Å²) in [4.78, 5) is 12.0. The Labute approximate surface area is 105 Å². The molecule has 0 amide bonds. The molecular formula is C15H26O2. The van der Waals surface area contributed by atoms with Crippen LogP contribution in [0.15, 0.2) is 0 Å². The molecule has 1 atom stereocenters. The Balaban J connectivity index is 1.87. The minimum absolute atomic E-state index is 0.0620. The second-order valence-electron chi connectivity index (χ2n) is 6.24. The molecule has 0 heterocycles. The number of carbonyl (C=O) groups is 1.